The molecule has 3 aromatic rings. The van der Waals surface area contributed by atoms with Crippen LogP contribution < -0.4 is 20.1 Å². The molecule has 5 atom stereocenters. The molecule has 1 aromatic heterocycles. The molecule has 20 nitrogen and oxygen atoms in total. The minimum absolute atomic E-state index is 0.0475. The first-order chi connectivity index (χ1) is 31.1. The van der Waals surface area contributed by atoms with Gasteiger partial charge in [0.15, 0.2) is 11.0 Å². The van der Waals surface area contributed by atoms with E-state index in [0.29, 0.717) is 50.1 Å². The lowest BCUT2D eigenvalue weighted by Gasteiger charge is -2.40. The van der Waals surface area contributed by atoms with E-state index in [1.165, 1.54) is 12.1 Å². The third-order valence-electron chi connectivity index (χ3n) is 9.25. The van der Waals surface area contributed by atoms with Crippen LogP contribution in [0.4, 0.5) is 27.6 Å². The second kappa shape index (κ2) is 26.7. The number of carboxylic acid groups (broad SMARTS) is 2. The summed E-state index contributed by atoms with van der Waals surface area (Å²) in [6.45, 7) is 2.48. The van der Waals surface area contributed by atoms with Gasteiger partial charge in [-0.3, -0.25) is 14.4 Å². The summed E-state index contributed by atoms with van der Waals surface area (Å²) in [4.78, 5) is 34.3. The Labute approximate surface area is 372 Å². The van der Waals surface area contributed by atoms with Gasteiger partial charge in [0.1, 0.15) is 24.1 Å². The number of aliphatic hydroxyl groups excluding tert-OH is 3. The molecule has 0 unspecified atom stereocenters. The van der Waals surface area contributed by atoms with Crippen molar-refractivity contribution in [3.63, 3.8) is 0 Å². The second-order valence-corrected chi connectivity index (χ2v) is 14.4. The minimum Gasteiger partial charge on any atom is -0.481 e. The van der Waals surface area contributed by atoms with Crippen LogP contribution in [0.1, 0.15) is 31.4 Å². The Morgan fingerprint density at radius 3 is 1.94 bits per heavy atom. The number of aliphatic carboxylic acids is 2. The van der Waals surface area contributed by atoms with Crippen molar-refractivity contribution in [2.45, 2.75) is 69.4 Å². The number of aryl methyl sites for hydroxylation is 1. The molecule has 1 saturated heterocycles. The smallest absolute Gasteiger partial charge is 0.317 e. The van der Waals surface area contributed by atoms with E-state index in [2.05, 4.69) is 25.7 Å². The average molecular weight is 954 g/mol. The SMILES string of the molecule is O=C(CCOCCOCCOCCOCCn1cc(CCCCNC(=S)Nc2ccc(O[C@H]3O[C@H](CC(C(=O)O)C(=O)O)[C@@H](O)[C@H](O)[C@@H]3O)cc2)nn1)Oc1c(F)c(F)c(F)c(F)c1F. The number of benzene rings is 2. The Morgan fingerprint density at radius 1 is 0.769 bits per heavy atom. The molecule has 2 aromatic carbocycles. The fraction of sp³-hybridized carbons (Fsp3) is 0.538. The summed E-state index contributed by atoms with van der Waals surface area (Å²) in [5.41, 5.74) is 1.40. The van der Waals surface area contributed by atoms with E-state index < -0.39 is 102 Å². The number of thiocarbonyl (C=S) groups is 1. The number of ether oxygens (including phenoxy) is 7. The summed E-state index contributed by atoms with van der Waals surface area (Å²) in [5.74, 6) is -19.3. The quantitative estimate of drug-likeness (QED) is 0.00798. The zero-order valence-electron chi connectivity index (χ0n) is 34.4. The molecule has 0 amide bonds. The standard InChI is InChI=1S/C39H48F5N5O15S/c40-27-28(41)30(43)35(31(44)29(27)42)64-26(50)8-11-58-13-15-60-17-18-61-16-14-59-12-10-49-20-22(47-48-49)3-1-2-9-45-39(65)46-21-4-6-23(7-5-21)62-38-34(53)33(52)32(51)25(63-38)19-24(36(54)55)37(56)57/h4-7,20,24-25,32-34,38,51-53H,1-3,8-19H2,(H,54,55)(H,56,57)(H2,45,46,65)/t25-,32-,33+,34+,38+/m1/s1. The van der Waals surface area contributed by atoms with Gasteiger partial charge in [-0.05, 0) is 55.7 Å². The molecular weight excluding hydrogens is 906 g/mol. The van der Waals surface area contributed by atoms with Crippen molar-refractivity contribution < 1.29 is 95.0 Å². The van der Waals surface area contributed by atoms with Crippen molar-refractivity contribution >= 4 is 40.9 Å². The van der Waals surface area contributed by atoms with Crippen molar-refractivity contribution in [1.29, 1.82) is 0 Å². The predicted molar refractivity (Wildman–Crippen MR) is 214 cm³/mol. The monoisotopic (exact) mass is 953 g/mol. The summed E-state index contributed by atoms with van der Waals surface area (Å²) in [6, 6.07) is 6.26. The maximum Gasteiger partial charge on any atom is 0.317 e. The van der Waals surface area contributed by atoms with Crippen LogP contribution in [-0.4, -0.2) is 154 Å². The van der Waals surface area contributed by atoms with Crippen LogP contribution in [0.2, 0.25) is 0 Å². The van der Waals surface area contributed by atoms with Crippen molar-refractivity contribution in [1.82, 2.24) is 20.3 Å². The molecule has 1 aliphatic rings. The minimum atomic E-state index is -2.37. The Balaban J connectivity index is 0.970. The van der Waals surface area contributed by atoms with E-state index in [0.717, 1.165) is 18.5 Å². The van der Waals surface area contributed by atoms with Gasteiger partial charge in [-0.25, -0.2) is 17.9 Å². The van der Waals surface area contributed by atoms with Crippen LogP contribution in [0.5, 0.6) is 11.5 Å². The number of unbranched alkanes of at least 4 members (excludes halogenated alkanes) is 1. The Morgan fingerprint density at radius 2 is 1.34 bits per heavy atom. The Hall–Kier alpha value is -5.19. The summed E-state index contributed by atoms with van der Waals surface area (Å²) >= 11 is 5.37. The van der Waals surface area contributed by atoms with E-state index in [-0.39, 0.29) is 38.8 Å². The molecule has 0 bridgehead atoms. The number of hydrogen-bond donors (Lipinski definition) is 7. The van der Waals surface area contributed by atoms with Crippen LogP contribution >= 0.6 is 12.2 Å². The lowest BCUT2D eigenvalue weighted by atomic mass is 9.91. The number of carbonyl (C=O) groups excluding carboxylic acids is 1. The molecular formula is C39H48F5N5O15S. The summed E-state index contributed by atoms with van der Waals surface area (Å²) in [5, 5.41) is 64.0. The molecule has 2 heterocycles. The molecule has 7 N–H and O–H groups in total. The zero-order chi connectivity index (χ0) is 47.5. The van der Waals surface area contributed by atoms with Crippen LogP contribution in [-0.2, 0) is 51.0 Å². The number of carboxylic acids is 2. The summed E-state index contributed by atoms with van der Waals surface area (Å²) < 4.78 is 105. The number of esters is 1. The van der Waals surface area contributed by atoms with Gasteiger partial charge in [-0.15, -0.1) is 5.10 Å². The van der Waals surface area contributed by atoms with Crippen LogP contribution in [0, 0.1) is 35.0 Å². The lowest BCUT2D eigenvalue weighted by molar-refractivity contribution is -0.275. The maximum absolute atomic E-state index is 13.6. The molecule has 1 fully saturated rings. The first kappa shape index (κ1) is 52.4. The molecule has 4 rings (SSSR count). The number of aliphatic hydroxyl groups is 3. The number of carbonyl (C=O) groups is 3. The molecule has 26 heteroatoms. The van der Waals surface area contributed by atoms with Gasteiger partial charge in [0.2, 0.25) is 41.1 Å². The topological polar surface area (TPSA) is 272 Å². The number of nitrogens with zero attached hydrogens (tertiary/aromatic N) is 3. The van der Waals surface area contributed by atoms with Crippen molar-refractivity contribution in [3.05, 3.63) is 65.2 Å². The first-order valence-corrected chi connectivity index (χ1v) is 20.4. The fourth-order valence-corrected chi connectivity index (χ4v) is 6.00. The highest BCUT2D eigenvalue weighted by Crippen LogP contribution is 2.30. The van der Waals surface area contributed by atoms with Gasteiger partial charge in [0.25, 0.3) is 0 Å². The molecule has 0 radical (unpaired) electrons. The third kappa shape index (κ3) is 16.6. The van der Waals surface area contributed by atoms with Gasteiger partial charge in [-0.1, -0.05) is 5.21 Å². The Bertz CT molecular complexity index is 1980. The van der Waals surface area contributed by atoms with E-state index >= 15 is 0 Å². The van der Waals surface area contributed by atoms with Crippen LogP contribution in [0.15, 0.2) is 30.5 Å². The van der Waals surface area contributed by atoms with Gasteiger partial charge in [-0.2, -0.15) is 8.78 Å². The third-order valence-corrected chi connectivity index (χ3v) is 9.49. The number of anilines is 1. The molecule has 1 aliphatic heterocycles. The number of aromatic nitrogens is 3. The number of nitrogens with one attached hydrogen (secondary N) is 2. The molecule has 0 saturated carbocycles. The highest BCUT2D eigenvalue weighted by molar-refractivity contribution is 7.80. The fourth-order valence-electron chi connectivity index (χ4n) is 5.78. The zero-order valence-corrected chi connectivity index (χ0v) is 35.2. The molecule has 360 valence electrons. The number of rotatable bonds is 28. The van der Waals surface area contributed by atoms with E-state index in [9.17, 15) is 61.9 Å². The van der Waals surface area contributed by atoms with Gasteiger partial charge >= 0.3 is 17.9 Å². The highest BCUT2D eigenvalue weighted by atomic mass is 32.1. The number of hydrogen-bond acceptors (Lipinski definition) is 16. The predicted octanol–water partition coefficient (Wildman–Crippen LogP) is 1.71. The van der Waals surface area contributed by atoms with E-state index in [1.807, 2.05) is 6.20 Å². The second-order valence-electron chi connectivity index (χ2n) is 14.0. The molecule has 65 heavy (non-hydrogen) atoms. The van der Waals surface area contributed by atoms with Gasteiger partial charge in [0.05, 0.1) is 77.6 Å². The number of halogens is 5. The highest BCUT2D eigenvalue weighted by Gasteiger charge is 2.47. The van der Waals surface area contributed by atoms with Crippen molar-refractivity contribution in [2.24, 2.45) is 5.92 Å². The normalized spacial score (nSPS) is 18.4. The summed E-state index contributed by atoms with van der Waals surface area (Å²) in [7, 11) is 0. The molecule has 0 aliphatic carbocycles. The first-order valence-electron chi connectivity index (χ1n) is 20.0. The summed E-state index contributed by atoms with van der Waals surface area (Å²) in [6.07, 6.45) is -5.34. The molecule has 0 spiro atoms. The van der Waals surface area contributed by atoms with Crippen molar-refractivity contribution in [3.8, 4) is 11.5 Å². The van der Waals surface area contributed by atoms with Crippen LogP contribution in [0.25, 0.3) is 0 Å². The lowest BCUT2D eigenvalue weighted by Crippen LogP contribution is -2.59. The van der Waals surface area contributed by atoms with Crippen LogP contribution in [0.3, 0.4) is 0 Å². The largest absolute Gasteiger partial charge is 0.481 e. The Kier molecular flexibility index (Phi) is 21.5. The van der Waals surface area contributed by atoms with Gasteiger partial charge < -0.3 is 69.3 Å². The van der Waals surface area contributed by atoms with Crippen molar-refractivity contribution in [2.75, 3.05) is 64.7 Å². The van der Waals surface area contributed by atoms with Gasteiger partial charge in [0, 0.05) is 24.8 Å². The van der Waals surface area contributed by atoms with E-state index in [1.54, 1.807) is 16.8 Å². The maximum atomic E-state index is 13.6. The average Bonchev–Trinajstić information content (AvgIpc) is 3.73. The van der Waals surface area contributed by atoms with E-state index in [4.69, 9.17) is 40.6 Å².